The number of likely N-dealkylation sites (N-methyl/N-ethyl adjacent to an activating group) is 1. The molecule has 2 N–H and O–H groups in total. The van der Waals surface area contributed by atoms with Crippen molar-refractivity contribution < 1.29 is 14.3 Å². The van der Waals surface area contributed by atoms with E-state index in [1.807, 2.05) is 24.9 Å². The summed E-state index contributed by atoms with van der Waals surface area (Å²) in [5, 5.41) is 0. The van der Waals surface area contributed by atoms with Crippen LogP contribution in [0.1, 0.15) is 24.2 Å². The Morgan fingerprint density at radius 1 is 1.47 bits per heavy atom. The minimum Gasteiger partial charge on any atom is -0.462 e. The zero-order chi connectivity index (χ0) is 14.4. The number of esters is 1. The number of methoxy groups -OCH3 is 1. The smallest absolute Gasteiger partial charge is 0.340 e. The van der Waals surface area contributed by atoms with Gasteiger partial charge < -0.3 is 20.1 Å². The van der Waals surface area contributed by atoms with Gasteiger partial charge in [-0.05, 0) is 32.0 Å². The Kier molecular flexibility index (Phi) is 5.63. The van der Waals surface area contributed by atoms with Gasteiger partial charge in [0.15, 0.2) is 0 Å². The monoisotopic (exact) mass is 266 g/mol. The second-order valence-electron chi connectivity index (χ2n) is 4.41. The van der Waals surface area contributed by atoms with E-state index in [9.17, 15) is 4.79 Å². The van der Waals surface area contributed by atoms with E-state index < -0.39 is 0 Å². The van der Waals surface area contributed by atoms with Crippen molar-refractivity contribution in [3.63, 3.8) is 0 Å². The fraction of sp³-hybridized carbons (Fsp3) is 0.500. The molecule has 5 nitrogen and oxygen atoms in total. The molecule has 0 bridgehead atoms. The summed E-state index contributed by atoms with van der Waals surface area (Å²) in [4.78, 5) is 13.9. The van der Waals surface area contributed by atoms with Crippen LogP contribution in [0.2, 0.25) is 0 Å². The summed E-state index contributed by atoms with van der Waals surface area (Å²) >= 11 is 0. The van der Waals surface area contributed by atoms with Crippen molar-refractivity contribution in [3.05, 3.63) is 23.8 Å². The number of anilines is 2. The molecule has 5 heteroatoms. The van der Waals surface area contributed by atoms with Gasteiger partial charge in [-0.25, -0.2) is 4.79 Å². The van der Waals surface area contributed by atoms with Crippen molar-refractivity contribution in [2.24, 2.45) is 0 Å². The number of nitrogens with two attached hydrogens (primary N) is 1. The van der Waals surface area contributed by atoms with Gasteiger partial charge in [-0.15, -0.1) is 0 Å². The molecule has 0 radical (unpaired) electrons. The summed E-state index contributed by atoms with van der Waals surface area (Å²) in [7, 11) is 3.57. The van der Waals surface area contributed by atoms with Crippen LogP contribution in [0, 0.1) is 0 Å². The molecule has 1 rings (SSSR count). The minimum absolute atomic E-state index is 0.141. The lowest BCUT2D eigenvalue weighted by Crippen LogP contribution is -2.33. The number of ether oxygens (including phenoxy) is 2. The van der Waals surface area contributed by atoms with Crippen molar-refractivity contribution in [3.8, 4) is 0 Å². The highest BCUT2D eigenvalue weighted by Gasteiger charge is 2.19. The molecule has 0 fully saturated rings. The summed E-state index contributed by atoms with van der Waals surface area (Å²) < 4.78 is 10.2. The molecule has 106 valence electrons. The number of hydrogen-bond donors (Lipinski definition) is 1. The number of rotatable bonds is 6. The Labute approximate surface area is 114 Å². The molecule has 1 atom stereocenters. The predicted molar refractivity (Wildman–Crippen MR) is 76.6 cm³/mol. The highest BCUT2D eigenvalue weighted by molar-refractivity contribution is 5.97. The first-order chi connectivity index (χ1) is 9.01. The third kappa shape index (κ3) is 3.86. The zero-order valence-electron chi connectivity index (χ0n) is 12.0. The molecule has 0 aliphatic carbocycles. The third-order valence-electron chi connectivity index (χ3n) is 2.96. The predicted octanol–water partition coefficient (Wildman–Crippen LogP) is 1.92. The summed E-state index contributed by atoms with van der Waals surface area (Å²) in [6, 6.07) is 5.38. The molecule has 1 aromatic rings. The lowest BCUT2D eigenvalue weighted by molar-refractivity contribution is 0.0527. The largest absolute Gasteiger partial charge is 0.462 e. The number of carbonyl (C=O) groups is 1. The molecular weight excluding hydrogens is 244 g/mol. The molecule has 0 aromatic heterocycles. The van der Waals surface area contributed by atoms with Crippen LogP contribution in [0.3, 0.4) is 0 Å². The van der Waals surface area contributed by atoms with Gasteiger partial charge in [-0.1, -0.05) is 0 Å². The van der Waals surface area contributed by atoms with Crippen molar-refractivity contribution in [2.45, 2.75) is 19.9 Å². The van der Waals surface area contributed by atoms with Crippen LogP contribution < -0.4 is 10.6 Å². The maximum atomic E-state index is 12.0. The van der Waals surface area contributed by atoms with E-state index in [2.05, 4.69) is 0 Å². The lowest BCUT2D eigenvalue weighted by atomic mass is 10.1. The average Bonchev–Trinajstić information content (AvgIpc) is 2.38. The van der Waals surface area contributed by atoms with Crippen molar-refractivity contribution >= 4 is 17.3 Å². The third-order valence-corrected chi connectivity index (χ3v) is 2.96. The maximum Gasteiger partial charge on any atom is 0.340 e. The SMILES string of the molecule is CCOC(=O)c1cc(N)ccc1N(C)C(C)COC. The Morgan fingerprint density at radius 2 is 2.16 bits per heavy atom. The fourth-order valence-electron chi connectivity index (χ4n) is 1.82. The van der Waals surface area contributed by atoms with Gasteiger partial charge in [0.05, 0.1) is 24.5 Å². The van der Waals surface area contributed by atoms with E-state index in [0.29, 0.717) is 24.5 Å². The van der Waals surface area contributed by atoms with Crippen LogP contribution in [0.15, 0.2) is 18.2 Å². The molecule has 0 saturated carbocycles. The number of nitrogen functional groups attached to an aromatic ring is 1. The summed E-state index contributed by atoms with van der Waals surface area (Å²) in [5.41, 5.74) is 7.55. The molecule has 0 aliphatic heterocycles. The number of carbonyl (C=O) groups excluding carboxylic acids is 1. The number of hydrogen-bond acceptors (Lipinski definition) is 5. The summed E-state index contributed by atoms with van der Waals surface area (Å²) in [5.74, 6) is -0.360. The van der Waals surface area contributed by atoms with Crippen LogP contribution in [0.4, 0.5) is 11.4 Å². The average molecular weight is 266 g/mol. The molecule has 0 spiro atoms. The highest BCUT2D eigenvalue weighted by Crippen LogP contribution is 2.24. The Morgan fingerprint density at radius 3 is 2.74 bits per heavy atom. The number of benzene rings is 1. The van der Waals surface area contributed by atoms with Crippen LogP contribution in [-0.4, -0.2) is 39.4 Å². The van der Waals surface area contributed by atoms with E-state index in [1.54, 1.807) is 26.2 Å². The van der Waals surface area contributed by atoms with Gasteiger partial charge in [0, 0.05) is 25.9 Å². The quantitative estimate of drug-likeness (QED) is 0.629. The first kappa shape index (κ1) is 15.3. The molecule has 19 heavy (non-hydrogen) atoms. The standard InChI is InChI=1S/C14H22N2O3/c1-5-19-14(17)12-8-11(15)6-7-13(12)16(3)10(2)9-18-4/h6-8,10H,5,9,15H2,1-4H3. The minimum atomic E-state index is -0.360. The first-order valence-electron chi connectivity index (χ1n) is 6.29. The molecule has 0 aliphatic rings. The van der Waals surface area contributed by atoms with E-state index in [-0.39, 0.29) is 12.0 Å². The molecule has 0 saturated heterocycles. The van der Waals surface area contributed by atoms with E-state index in [1.165, 1.54) is 0 Å². The summed E-state index contributed by atoms with van der Waals surface area (Å²) in [6.07, 6.45) is 0. The second-order valence-corrected chi connectivity index (χ2v) is 4.41. The topological polar surface area (TPSA) is 64.8 Å². The fourth-order valence-corrected chi connectivity index (χ4v) is 1.82. The molecule has 1 aromatic carbocycles. The maximum absolute atomic E-state index is 12.0. The van der Waals surface area contributed by atoms with Gasteiger partial charge in [0.1, 0.15) is 0 Å². The van der Waals surface area contributed by atoms with Crippen LogP contribution >= 0.6 is 0 Å². The van der Waals surface area contributed by atoms with Crippen LogP contribution in [0.25, 0.3) is 0 Å². The first-order valence-corrected chi connectivity index (χ1v) is 6.29. The van der Waals surface area contributed by atoms with Gasteiger partial charge in [0.25, 0.3) is 0 Å². The molecule has 1 unspecified atom stereocenters. The molecule has 0 heterocycles. The Hall–Kier alpha value is -1.75. The number of nitrogens with zero attached hydrogens (tertiary/aromatic N) is 1. The zero-order valence-corrected chi connectivity index (χ0v) is 12.0. The lowest BCUT2D eigenvalue weighted by Gasteiger charge is -2.28. The van der Waals surface area contributed by atoms with Crippen molar-refractivity contribution in [1.82, 2.24) is 0 Å². The van der Waals surface area contributed by atoms with Crippen molar-refractivity contribution in [1.29, 1.82) is 0 Å². The van der Waals surface area contributed by atoms with E-state index >= 15 is 0 Å². The molecular formula is C14H22N2O3. The summed E-state index contributed by atoms with van der Waals surface area (Å²) in [6.45, 7) is 4.71. The van der Waals surface area contributed by atoms with Gasteiger partial charge in [-0.3, -0.25) is 0 Å². The Bertz CT molecular complexity index is 435. The van der Waals surface area contributed by atoms with Crippen LogP contribution in [0.5, 0.6) is 0 Å². The molecule has 0 amide bonds. The normalized spacial score (nSPS) is 12.0. The van der Waals surface area contributed by atoms with Crippen LogP contribution in [-0.2, 0) is 9.47 Å². The van der Waals surface area contributed by atoms with E-state index in [0.717, 1.165) is 5.69 Å². The van der Waals surface area contributed by atoms with E-state index in [4.69, 9.17) is 15.2 Å². The van der Waals surface area contributed by atoms with Gasteiger partial charge >= 0.3 is 5.97 Å². The second kappa shape index (κ2) is 6.99. The Balaban J connectivity index is 3.08. The van der Waals surface area contributed by atoms with Crippen molar-refractivity contribution in [2.75, 3.05) is 38.0 Å². The van der Waals surface area contributed by atoms with Gasteiger partial charge in [-0.2, -0.15) is 0 Å². The highest BCUT2D eigenvalue weighted by atomic mass is 16.5. The van der Waals surface area contributed by atoms with Gasteiger partial charge in [0.2, 0.25) is 0 Å².